The van der Waals surface area contributed by atoms with Crippen molar-refractivity contribution in [3.05, 3.63) is 58.6 Å². The maximum absolute atomic E-state index is 12.2. The Hall–Kier alpha value is -2.05. The lowest BCUT2D eigenvalue weighted by Crippen LogP contribution is -2.48. The Kier molecular flexibility index (Phi) is 6.52. The van der Waals surface area contributed by atoms with Crippen molar-refractivity contribution in [3.63, 3.8) is 0 Å². The summed E-state index contributed by atoms with van der Waals surface area (Å²) in [7, 11) is 1.68. The van der Waals surface area contributed by atoms with E-state index in [2.05, 4.69) is 43.2 Å². The molecule has 1 amide bonds. The monoisotopic (exact) mass is 417 g/mol. The second-order valence-electron chi connectivity index (χ2n) is 6.26. The van der Waals surface area contributed by atoms with Crippen molar-refractivity contribution in [2.45, 2.75) is 0 Å². The standard InChI is InChI=1S/C20H24BrN3O2/c1-26-17-8-6-16(7-9-17)24-14-12-23(13-15-24)11-10-22-20(25)18-4-2-3-5-19(18)21/h2-9H,10-15H2,1H3,(H,22,25). The van der Waals surface area contributed by atoms with Crippen molar-refractivity contribution in [2.75, 3.05) is 51.3 Å². The maximum atomic E-state index is 12.2. The molecular weight excluding hydrogens is 394 g/mol. The minimum absolute atomic E-state index is 0.0330. The largest absolute Gasteiger partial charge is 0.497 e. The zero-order valence-corrected chi connectivity index (χ0v) is 16.5. The number of rotatable bonds is 6. The highest BCUT2D eigenvalue weighted by Gasteiger charge is 2.17. The number of anilines is 1. The van der Waals surface area contributed by atoms with Crippen molar-refractivity contribution >= 4 is 27.5 Å². The molecule has 138 valence electrons. The number of carbonyl (C=O) groups excluding carboxylic acids is 1. The number of benzene rings is 2. The molecule has 1 fully saturated rings. The molecule has 0 spiro atoms. The maximum Gasteiger partial charge on any atom is 0.252 e. The lowest BCUT2D eigenvalue weighted by molar-refractivity contribution is 0.0947. The second kappa shape index (κ2) is 9.05. The Bertz CT molecular complexity index is 728. The fraction of sp³-hybridized carbons (Fsp3) is 0.350. The summed E-state index contributed by atoms with van der Waals surface area (Å²) in [5, 5.41) is 3.00. The highest BCUT2D eigenvalue weighted by Crippen LogP contribution is 2.20. The van der Waals surface area contributed by atoms with Crippen molar-refractivity contribution in [2.24, 2.45) is 0 Å². The highest BCUT2D eigenvalue weighted by molar-refractivity contribution is 9.10. The van der Waals surface area contributed by atoms with Gasteiger partial charge in [0.15, 0.2) is 0 Å². The molecule has 0 aromatic heterocycles. The second-order valence-corrected chi connectivity index (χ2v) is 7.12. The molecular formula is C20H24BrN3O2. The molecule has 2 aromatic rings. The number of piperazine rings is 1. The van der Waals surface area contributed by atoms with E-state index in [0.29, 0.717) is 12.1 Å². The third kappa shape index (κ3) is 4.77. The minimum atomic E-state index is -0.0330. The minimum Gasteiger partial charge on any atom is -0.497 e. The highest BCUT2D eigenvalue weighted by atomic mass is 79.9. The summed E-state index contributed by atoms with van der Waals surface area (Å²) in [5.41, 5.74) is 1.91. The van der Waals surface area contributed by atoms with Crippen LogP contribution in [0.3, 0.4) is 0 Å². The number of hydrogen-bond acceptors (Lipinski definition) is 4. The predicted molar refractivity (Wildman–Crippen MR) is 108 cm³/mol. The van der Waals surface area contributed by atoms with E-state index in [1.807, 2.05) is 36.4 Å². The first kappa shape index (κ1) is 18.7. The van der Waals surface area contributed by atoms with Gasteiger partial charge in [-0.3, -0.25) is 9.69 Å². The molecule has 1 aliphatic heterocycles. The number of carbonyl (C=O) groups is 1. The lowest BCUT2D eigenvalue weighted by atomic mass is 10.2. The molecule has 3 rings (SSSR count). The molecule has 2 aromatic carbocycles. The van der Waals surface area contributed by atoms with Gasteiger partial charge in [-0.2, -0.15) is 0 Å². The van der Waals surface area contributed by atoms with Crippen molar-refractivity contribution < 1.29 is 9.53 Å². The topological polar surface area (TPSA) is 44.8 Å². The van der Waals surface area contributed by atoms with Gasteiger partial charge in [-0.1, -0.05) is 12.1 Å². The Balaban J connectivity index is 1.41. The van der Waals surface area contributed by atoms with E-state index in [0.717, 1.165) is 42.9 Å². The summed E-state index contributed by atoms with van der Waals surface area (Å²) in [6, 6.07) is 15.7. The average molecular weight is 418 g/mol. The van der Waals surface area contributed by atoms with Gasteiger partial charge in [0.2, 0.25) is 0 Å². The van der Waals surface area contributed by atoms with E-state index in [-0.39, 0.29) is 5.91 Å². The molecule has 0 bridgehead atoms. The molecule has 5 nitrogen and oxygen atoms in total. The lowest BCUT2D eigenvalue weighted by Gasteiger charge is -2.36. The first-order chi connectivity index (χ1) is 12.7. The fourth-order valence-corrected chi connectivity index (χ4v) is 3.56. The number of ether oxygens (including phenoxy) is 1. The van der Waals surface area contributed by atoms with Crippen LogP contribution in [0.4, 0.5) is 5.69 Å². The van der Waals surface area contributed by atoms with E-state index in [9.17, 15) is 4.79 Å². The van der Waals surface area contributed by atoms with E-state index in [4.69, 9.17) is 4.74 Å². The molecule has 26 heavy (non-hydrogen) atoms. The van der Waals surface area contributed by atoms with Gasteiger partial charge in [0.05, 0.1) is 12.7 Å². The Labute approximate surface area is 163 Å². The Morgan fingerprint density at radius 1 is 1.08 bits per heavy atom. The van der Waals surface area contributed by atoms with Gasteiger partial charge in [-0.05, 0) is 52.3 Å². The number of nitrogens with one attached hydrogen (secondary N) is 1. The summed E-state index contributed by atoms with van der Waals surface area (Å²) in [6.07, 6.45) is 0. The van der Waals surface area contributed by atoms with E-state index >= 15 is 0 Å². The molecule has 0 aliphatic carbocycles. The van der Waals surface area contributed by atoms with Gasteiger partial charge in [-0.15, -0.1) is 0 Å². The number of hydrogen-bond donors (Lipinski definition) is 1. The molecule has 0 unspecified atom stereocenters. The van der Waals surface area contributed by atoms with Crippen LogP contribution in [0.15, 0.2) is 53.0 Å². The third-order valence-electron chi connectivity index (χ3n) is 4.64. The number of amides is 1. The molecule has 0 radical (unpaired) electrons. The quantitative estimate of drug-likeness (QED) is 0.784. The van der Waals surface area contributed by atoms with Crippen LogP contribution in [0.2, 0.25) is 0 Å². The summed E-state index contributed by atoms with van der Waals surface area (Å²) < 4.78 is 6.04. The van der Waals surface area contributed by atoms with Crippen LogP contribution in [0.1, 0.15) is 10.4 Å². The van der Waals surface area contributed by atoms with E-state index < -0.39 is 0 Å². The van der Waals surface area contributed by atoms with Gasteiger partial charge < -0.3 is 15.0 Å². The van der Waals surface area contributed by atoms with E-state index in [1.165, 1.54) is 5.69 Å². The molecule has 1 saturated heterocycles. The fourth-order valence-electron chi connectivity index (χ4n) is 3.09. The van der Waals surface area contributed by atoms with Crippen molar-refractivity contribution in [1.82, 2.24) is 10.2 Å². The van der Waals surface area contributed by atoms with Crippen LogP contribution in [-0.2, 0) is 0 Å². The Morgan fingerprint density at radius 2 is 1.77 bits per heavy atom. The van der Waals surface area contributed by atoms with Crippen LogP contribution in [-0.4, -0.2) is 57.2 Å². The first-order valence-corrected chi connectivity index (χ1v) is 9.61. The number of methoxy groups -OCH3 is 1. The number of nitrogens with zero attached hydrogens (tertiary/aromatic N) is 2. The Morgan fingerprint density at radius 3 is 2.42 bits per heavy atom. The molecule has 1 aliphatic rings. The molecule has 0 saturated carbocycles. The summed E-state index contributed by atoms with van der Waals surface area (Å²) in [4.78, 5) is 17.0. The molecule has 6 heteroatoms. The molecule has 1 heterocycles. The van der Waals surface area contributed by atoms with Gasteiger partial charge in [0.25, 0.3) is 5.91 Å². The van der Waals surface area contributed by atoms with Crippen LogP contribution < -0.4 is 15.0 Å². The third-order valence-corrected chi connectivity index (χ3v) is 5.33. The first-order valence-electron chi connectivity index (χ1n) is 8.81. The zero-order valence-electron chi connectivity index (χ0n) is 15.0. The SMILES string of the molecule is COc1ccc(N2CCN(CCNC(=O)c3ccccc3Br)CC2)cc1. The van der Waals surface area contributed by atoms with Gasteiger partial charge in [0, 0.05) is 49.4 Å². The molecule has 0 atom stereocenters. The van der Waals surface area contributed by atoms with Gasteiger partial charge in [0.1, 0.15) is 5.75 Å². The predicted octanol–water partition coefficient (Wildman–Crippen LogP) is 3.01. The van der Waals surface area contributed by atoms with Crippen LogP contribution in [0, 0.1) is 0 Å². The van der Waals surface area contributed by atoms with Crippen LogP contribution >= 0.6 is 15.9 Å². The van der Waals surface area contributed by atoms with Gasteiger partial charge >= 0.3 is 0 Å². The number of halogens is 1. The summed E-state index contributed by atoms with van der Waals surface area (Å²) in [6.45, 7) is 5.50. The van der Waals surface area contributed by atoms with Crippen LogP contribution in [0.5, 0.6) is 5.75 Å². The summed E-state index contributed by atoms with van der Waals surface area (Å²) >= 11 is 3.42. The normalized spacial score (nSPS) is 14.9. The average Bonchev–Trinajstić information content (AvgIpc) is 2.69. The van der Waals surface area contributed by atoms with E-state index in [1.54, 1.807) is 7.11 Å². The van der Waals surface area contributed by atoms with Gasteiger partial charge in [-0.25, -0.2) is 0 Å². The zero-order chi connectivity index (χ0) is 18.4. The molecule has 1 N–H and O–H groups in total. The van der Waals surface area contributed by atoms with Crippen LogP contribution in [0.25, 0.3) is 0 Å². The van der Waals surface area contributed by atoms with Crippen molar-refractivity contribution in [3.8, 4) is 5.75 Å². The van der Waals surface area contributed by atoms with Crippen molar-refractivity contribution in [1.29, 1.82) is 0 Å². The smallest absolute Gasteiger partial charge is 0.252 e. The summed E-state index contributed by atoms with van der Waals surface area (Å²) in [5.74, 6) is 0.850.